The molecule has 2 amide bonds. The first kappa shape index (κ1) is 15.7. The van der Waals surface area contributed by atoms with Crippen LogP contribution in [0.4, 0.5) is 0 Å². The van der Waals surface area contributed by atoms with E-state index in [0.717, 1.165) is 0 Å². The van der Waals surface area contributed by atoms with Crippen LogP contribution in [0.1, 0.15) is 6.42 Å². The zero-order chi connectivity index (χ0) is 13.1. The van der Waals surface area contributed by atoms with Crippen molar-refractivity contribution in [3.63, 3.8) is 0 Å². The smallest absolute Gasteiger partial charge is 0.325 e. The number of hydrogen-bond donors (Lipinski definition) is 2. The molecule has 0 radical (unpaired) electrons. The van der Waals surface area contributed by atoms with Gasteiger partial charge in [0.25, 0.3) is 0 Å². The van der Waals surface area contributed by atoms with Crippen molar-refractivity contribution in [2.45, 2.75) is 18.8 Å². The second-order valence-electron chi connectivity index (χ2n) is 4.13. The van der Waals surface area contributed by atoms with Gasteiger partial charge < -0.3 is 25.4 Å². The first-order chi connectivity index (χ1) is 8.60. The lowest BCUT2D eigenvalue weighted by molar-refractivity contribution is -0.159. The maximum absolute atomic E-state index is 11.2. The van der Waals surface area contributed by atoms with Crippen molar-refractivity contribution in [1.29, 1.82) is 0 Å². The van der Waals surface area contributed by atoms with Gasteiger partial charge in [-0.15, -0.1) is 12.4 Å². The molecule has 2 fully saturated rings. The minimum Gasteiger partial charge on any atom is -0.462 e. The van der Waals surface area contributed by atoms with Crippen molar-refractivity contribution in [2.24, 2.45) is 5.73 Å². The summed E-state index contributed by atoms with van der Waals surface area (Å²) in [5.74, 6) is -0.913. The third-order valence-electron chi connectivity index (χ3n) is 2.81. The Morgan fingerprint density at radius 2 is 2.26 bits per heavy atom. The Kier molecular flexibility index (Phi) is 5.52. The quantitative estimate of drug-likeness (QED) is 0.447. The largest absolute Gasteiger partial charge is 0.462 e. The molecule has 2 rings (SSSR count). The Bertz CT molecular complexity index is 378. The molecule has 2 atom stereocenters. The molecule has 0 spiro atoms. The van der Waals surface area contributed by atoms with Crippen molar-refractivity contribution >= 4 is 30.2 Å². The van der Waals surface area contributed by atoms with Gasteiger partial charge in [0.1, 0.15) is 25.5 Å². The number of carbonyl (C=O) groups excluding carboxylic acids is 3. The predicted molar refractivity (Wildman–Crippen MR) is 65.3 cm³/mol. The minimum atomic E-state index is -0.555. The molecule has 2 saturated heterocycles. The van der Waals surface area contributed by atoms with E-state index in [4.69, 9.17) is 15.2 Å². The monoisotopic (exact) mass is 293 g/mol. The molecule has 8 nitrogen and oxygen atoms in total. The van der Waals surface area contributed by atoms with E-state index in [0.29, 0.717) is 13.0 Å². The van der Waals surface area contributed by atoms with E-state index in [-0.39, 0.29) is 50.3 Å². The van der Waals surface area contributed by atoms with Crippen LogP contribution in [0.15, 0.2) is 0 Å². The average molecular weight is 294 g/mol. The van der Waals surface area contributed by atoms with Gasteiger partial charge in [0, 0.05) is 0 Å². The summed E-state index contributed by atoms with van der Waals surface area (Å²) in [5, 5.41) is 2.30. The zero-order valence-electron chi connectivity index (χ0n) is 10.2. The average Bonchev–Trinajstić information content (AvgIpc) is 2.70. The number of fused-ring (bicyclic) bond motifs is 1. The molecule has 19 heavy (non-hydrogen) atoms. The number of ether oxygens (including phenoxy) is 2. The lowest BCUT2D eigenvalue weighted by atomic mass is 10.2. The van der Waals surface area contributed by atoms with E-state index in [1.54, 1.807) is 4.90 Å². The number of carbonyl (C=O) groups is 3. The fourth-order valence-electron chi connectivity index (χ4n) is 1.82. The van der Waals surface area contributed by atoms with Crippen molar-refractivity contribution in [2.75, 3.05) is 26.2 Å². The van der Waals surface area contributed by atoms with Crippen LogP contribution >= 0.6 is 12.4 Å². The third kappa shape index (κ3) is 3.79. The first-order valence-corrected chi connectivity index (χ1v) is 5.67. The summed E-state index contributed by atoms with van der Waals surface area (Å²) >= 11 is 0. The Hall–Kier alpha value is -1.38. The molecular weight excluding hydrogens is 278 g/mol. The summed E-state index contributed by atoms with van der Waals surface area (Å²) in [6.45, 7) is 0.149. The van der Waals surface area contributed by atoms with E-state index in [2.05, 4.69) is 5.32 Å². The molecule has 0 aromatic rings. The van der Waals surface area contributed by atoms with Crippen molar-refractivity contribution in [3.05, 3.63) is 0 Å². The lowest BCUT2D eigenvalue weighted by Crippen LogP contribution is -2.48. The van der Waals surface area contributed by atoms with Crippen LogP contribution < -0.4 is 11.1 Å². The van der Waals surface area contributed by atoms with Crippen LogP contribution in [0.3, 0.4) is 0 Å². The van der Waals surface area contributed by atoms with E-state index in [1.165, 1.54) is 0 Å². The Balaban J connectivity index is 0.00000180. The van der Waals surface area contributed by atoms with E-state index >= 15 is 0 Å². The Labute approximate surface area is 116 Å². The zero-order valence-corrected chi connectivity index (χ0v) is 11.0. The molecule has 2 aliphatic rings. The molecule has 0 aromatic heterocycles. The summed E-state index contributed by atoms with van der Waals surface area (Å²) in [5.41, 5.74) is 5.06. The number of nitrogens with zero attached hydrogens (tertiary/aromatic N) is 1. The maximum atomic E-state index is 11.2. The highest BCUT2D eigenvalue weighted by Gasteiger charge is 2.45. The van der Waals surface area contributed by atoms with Crippen molar-refractivity contribution in [3.8, 4) is 0 Å². The molecule has 2 heterocycles. The van der Waals surface area contributed by atoms with Crippen molar-refractivity contribution < 1.29 is 23.9 Å². The number of amides is 2. The van der Waals surface area contributed by atoms with Gasteiger partial charge in [-0.05, 0) is 0 Å². The minimum absolute atomic E-state index is 0. The van der Waals surface area contributed by atoms with Crippen LogP contribution in [0, 0.1) is 0 Å². The molecule has 0 bridgehead atoms. The third-order valence-corrected chi connectivity index (χ3v) is 2.81. The molecule has 108 valence electrons. The van der Waals surface area contributed by atoms with Gasteiger partial charge in [-0.25, -0.2) is 0 Å². The van der Waals surface area contributed by atoms with Gasteiger partial charge >= 0.3 is 5.97 Å². The van der Waals surface area contributed by atoms with Gasteiger partial charge in [0.15, 0.2) is 0 Å². The molecule has 0 saturated carbocycles. The number of β-lactam (4-membered cyclic amide) rings is 1. The molecule has 2 aliphatic heterocycles. The number of halogens is 1. The van der Waals surface area contributed by atoms with Gasteiger partial charge in [-0.2, -0.15) is 0 Å². The van der Waals surface area contributed by atoms with E-state index in [1.807, 2.05) is 0 Å². The fraction of sp³-hybridized carbons (Fsp3) is 0.700. The summed E-state index contributed by atoms with van der Waals surface area (Å²) in [6, 6.07) is 0. The van der Waals surface area contributed by atoms with Crippen LogP contribution in [0.2, 0.25) is 0 Å². The Morgan fingerprint density at radius 3 is 2.84 bits per heavy atom. The van der Waals surface area contributed by atoms with Gasteiger partial charge in [0.05, 0.1) is 19.5 Å². The first-order valence-electron chi connectivity index (χ1n) is 5.67. The van der Waals surface area contributed by atoms with Crippen LogP contribution in [0.25, 0.3) is 0 Å². The molecule has 3 N–H and O–H groups in total. The van der Waals surface area contributed by atoms with Crippen LogP contribution in [-0.2, 0) is 23.9 Å². The number of nitrogens with one attached hydrogen (secondary N) is 1. The second-order valence-corrected chi connectivity index (χ2v) is 4.13. The Morgan fingerprint density at radius 1 is 1.53 bits per heavy atom. The summed E-state index contributed by atoms with van der Waals surface area (Å²) in [6.07, 6.45) is -0.0365. The summed E-state index contributed by atoms with van der Waals surface area (Å²) in [7, 11) is 0. The number of esters is 1. The van der Waals surface area contributed by atoms with Gasteiger partial charge in [-0.3, -0.25) is 14.4 Å². The number of rotatable bonds is 5. The summed E-state index contributed by atoms with van der Waals surface area (Å²) < 4.78 is 10.4. The molecule has 0 aromatic carbocycles. The van der Waals surface area contributed by atoms with Crippen molar-refractivity contribution in [1.82, 2.24) is 10.2 Å². The summed E-state index contributed by atoms with van der Waals surface area (Å²) in [4.78, 5) is 34.7. The highest BCUT2D eigenvalue weighted by Crippen LogP contribution is 2.28. The topological polar surface area (TPSA) is 111 Å². The lowest BCUT2D eigenvalue weighted by Gasteiger charge is -2.31. The standard InChI is InChI=1S/C10H15N3O5.ClH/c11-2-7(14)12-3-10(16)17-5-6-4-13-8(15)1-9(13)18-6;/h6,9H,1-5,11H2,(H,12,14);1H. The van der Waals surface area contributed by atoms with Gasteiger partial charge in [0.2, 0.25) is 11.8 Å². The molecule has 2 unspecified atom stereocenters. The molecule has 0 aliphatic carbocycles. The van der Waals surface area contributed by atoms with Crippen LogP contribution in [-0.4, -0.2) is 61.3 Å². The SMILES string of the molecule is Cl.NCC(=O)NCC(=O)OCC1CN2C(=O)CC2O1. The highest BCUT2D eigenvalue weighted by atomic mass is 35.5. The second kappa shape index (κ2) is 6.69. The maximum Gasteiger partial charge on any atom is 0.325 e. The highest BCUT2D eigenvalue weighted by molar-refractivity contribution is 5.85. The van der Waals surface area contributed by atoms with E-state index in [9.17, 15) is 14.4 Å². The normalized spacial score (nSPS) is 24.1. The van der Waals surface area contributed by atoms with E-state index < -0.39 is 11.9 Å². The predicted octanol–water partition coefficient (Wildman–Crippen LogP) is -2.02. The molecular formula is C10H16ClN3O5. The van der Waals surface area contributed by atoms with Gasteiger partial charge in [-0.1, -0.05) is 0 Å². The number of hydrogen-bond acceptors (Lipinski definition) is 6. The molecule has 9 heteroatoms. The van der Waals surface area contributed by atoms with Crippen LogP contribution in [0.5, 0.6) is 0 Å². The number of nitrogens with two attached hydrogens (primary N) is 1. The fourth-order valence-corrected chi connectivity index (χ4v) is 1.82.